The van der Waals surface area contributed by atoms with Gasteiger partial charge < -0.3 is 9.15 Å². The fourth-order valence-corrected chi connectivity index (χ4v) is 3.75. The number of carbonyl (C=O) groups is 1. The van der Waals surface area contributed by atoms with E-state index in [4.69, 9.17) is 9.15 Å². The van der Waals surface area contributed by atoms with Crippen LogP contribution in [0.3, 0.4) is 0 Å². The first-order valence-corrected chi connectivity index (χ1v) is 9.30. The summed E-state index contributed by atoms with van der Waals surface area (Å²) < 4.78 is 12.5. The van der Waals surface area contributed by atoms with E-state index >= 15 is 0 Å². The van der Waals surface area contributed by atoms with Gasteiger partial charge in [0.05, 0.1) is 12.2 Å². The molecular formula is C17H13N3O3S2. The molecule has 0 radical (unpaired) electrons. The highest BCUT2D eigenvalue weighted by molar-refractivity contribution is 7.14. The molecule has 4 heterocycles. The Hall–Kier alpha value is -2.71. The number of esters is 1. The molecule has 0 amide bonds. The molecule has 4 aromatic rings. The lowest BCUT2D eigenvalue weighted by molar-refractivity contribution is 0.0429. The van der Waals surface area contributed by atoms with Crippen molar-refractivity contribution < 1.29 is 13.9 Å². The summed E-state index contributed by atoms with van der Waals surface area (Å²) in [4.78, 5) is 16.6. The van der Waals surface area contributed by atoms with Crippen LogP contribution in [0.2, 0.25) is 0 Å². The Kier molecular flexibility index (Phi) is 4.45. The Labute approximate surface area is 151 Å². The predicted molar refractivity (Wildman–Crippen MR) is 94.6 cm³/mol. The van der Waals surface area contributed by atoms with Gasteiger partial charge in [-0.15, -0.1) is 11.3 Å². The highest BCUT2D eigenvalue weighted by Crippen LogP contribution is 2.26. The Bertz CT molecular complexity index is 955. The largest absolute Gasteiger partial charge is 0.453 e. The van der Waals surface area contributed by atoms with E-state index in [1.807, 2.05) is 34.5 Å². The van der Waals surface area contributed by atoms with Crippen molar-refractivity contribution in [2.45, 2.75) is 13.2 Å². The molecule has 4 aromatic heterocycles. The second-order valence-corrected chi connectivity index (χ2v) is 6.84. The van der Waals surface area contributed by atoms with Crippen LogP contribution in [0, 0.1) is 0 Å². The number of rotatable bonds is 6. The summed E-state index contributed by atoms with van der Waals surface area (Å²) >= 11 is 3.16. The molecule has 126 valence electrons. The summed E-state index contributed by atoms with van der Waals surface area (Å²) in [7, 11) is 0. The van der Waals surface area contributed by atoms with Crippen LogP contribution in [0.5, 0.6) is 0 Å². The molecule has 0 aliphatic carbocycles. The molecule has 0 bridgehead atoms. The number of furan rings is 1. The molecule has 0 aliphatic rings. The molecule has 8 heteroatoms. The van der Waals surface area contributed by atoms with Gasteiger partial charge in [0.1, 0.15) is 17.4 Å². The van der Waals surface area contributed by atoms with Gasteiger partial charge in [-0.25, -0.2) is 9.78 Å². The third-order valence-electron chi connectivity index (χ3n) is 3.41. The number of nitrogens with zero attached hydrogens (tertiary/aromatic N) is 3. The molecule has 0 aromatic carbocycles. The summed E-state index contributed by atoms with van der Waals surface area (Å²) in [6.45, 7) is 0.588. The monoisotopic (exact) mass is 371 g/mol. The van der Waals surface area contributed by atoms with Gasteiger partial charge in [0, 0.05) is 28.7 Å². The Morgan fingerprint density at radius 1 is 1.28 bits per heavy atom. The topological polar surface area (TPSA) is 70.2 Å². The molecule has 0 saturated heterocycles. The Morgan fingerprint density at radius 3 is 3.04 bits per heavy atom. The fourth-order valence-electron chi connectivity index (χ4n) is 2.23. The molecule has 0 saturated carbocycles. The average Bonchev–Trinajstić information content (AvgIpc) is 3.39. The molecule has 0 N–H and O–H groups in total. The third kappa shape index (κ3) is 3.70. The molecular weight excluding hydrogens is 358 g/mol. The number of hydrogen-bond acceptors (Lipinski definition) is 7. The molecule has 0 atom stereocenters. The summed E-state index contributed by atoms with van der Waals surface area (Å²) in [6.07, 6.45) is 3.52. The maximum absolute atomic E-state index is 12.1. The minimum atomic E-state index is -0.503. The van der Waals surface area contributed by atoms with Crippen molar-refractivity contribution in [3.63, 3.8) is 0 Å². The fraction of sp³-hybridized carbons (Fsp3) is 0.118. The van der Waals surface area contributed by atoms with E-state index in [1.165, 1.54) is 11.3 Å². The number of hydrogen-bond donors (Lipinski definition) is 0. The van der Waals surface area contributed by atoms with Gasteiger partial charge >= 0.3 is 5.97 Å². The van der Waals surface area contributed by atoms with Crippen molar-refractivity contribution in [1.82, 2.24) is 14.8 Å². The maximum Gasteiger partial charge on any atom is 0.374 e. The zero-order chi connectivity index (χ0) is 17.1. The quantitative estimate of drug-likeness (QED) is 0.478. The highest BCUT2D eigenvalue weighted by atomic mass is 32.1. The second-order valence-electron chi connectivity index (χ2n) is 5.20. The van der Waals surface area contributed by atoms with Gasteiger partial charge in [0.15, 0.2) is 0 Å². The first-order valence-electron chi connectivity index (χ1n) is 7.48. The van der Waals surface area contributed by atoms with Crippen LogP contribution in [0.25, 0.3) is 10.6 Å². The number of thiophene rings is 1. The molecule has 0 spiro atoms. The van der Waals surface area contributed by atoms with Crippen molar-refractivity contribution in [2.75, 3.05) is 0 Å². The Morgan fingerprint density at radius 2 is 2.24 bits per heavy atom. The summed E-state index contributed by atoms with van der Waals surface area (Å²) in [5.41, 5.74) is 1.81. The highest BCUT2D eigenvalue weighted by Gasteiger charge is 2.14. The lowest BCUT2D eigenvalue weighted by Crippen LogP contribution is -2.04. The molecule has 4 rings (SSSR count). The number of carbonyl (C=O) groups excluding carboxylic acids is 1. The normalized spacial score (nSPS) is 10.9. The van der Waals surface area contributed by atoms with E-state index in [-0.39, 0.29) is 12.4 Å². The summed E-state index contributed by atoms with van der Waals surface area (Å²) in [5, 5.41) is 11.0. The number of thiazole rings is 1. The summed E-state index contributed by atoms with van der Waals surface area (Å²) in [6, 6.07) is 7.20. The minimum Gasteiger partial charge on any atom is -0.453 e. The average molecular weight is 371 g/mol. The van der Waals surface area contributed by atoms with E-state index in [0.717, 1.165) is 16.3 Å². The summed E-state index contributed by atoms with van der Waals surface area (Å²) in [5.74, 6) is 0.316. The zero-order valence-corrected chi connectivity index (χ0v) is 14.6. The molecule has 0 unspecified atom stereocenters. The lowest BCUT2D eigenvalue weighted by atomic mass is 10.4. The van der Waals surface area contributed by atoms with Crippen LogP contribution in [0.4, 0.5) is 0 Å². The molecule has 0 fully saturated rings. The smallest absolute Gasteiger partial charge is 0.374 e. The number of aromatic nitrogens is 3. The van der Waals surface area contributed by atoms with Gasteiger partial charge in [0.2, 0.25) is 5.76 Å². The van der Waals surface area contributed by atoms with Crippen LogP contribution in [0.15, 0.2) is 57.2 Å². The first-order chi connectivity index (χ1) is 12.3. The van der Waals surface area contributed by atoms with E-state index in [9.17, 15) is 4.79 Å². The van der Waals surface area contributed by atoms with E-state index in [0.29, 0.717) is 12.3 Å². The number of ether oxygens (including phenoxy) is 1. The van der Waals surface area contributed by atoms with Crippen molar-refractivity contribution in [1.29, 1.82) is 0 Å². The lowest BCUT2D eigenvalue weighted by Gasteiger charge is -2.00. The van der Waals surface area contributed by atoms with Crippen molar-refractivity contribution in [3.05, 3.63) is 70.0 Å². The van der Waals surface area contributed by atoms with Crippen LogP contribution >= 0.6 is 22.7 Å². The van der Waals surface area contributed by atoms with Crippen LogP contribution in [0.1, 0.15) is 22.0 Å². The molecule has 25 heavy (non-hydrogen) atoms. The maximum atomic E-state index is 12.1. The van der Waals surface area contributed by atoms with Crippen molar-refractivity contribution >= 4 is 28.6 Å². The minimum absolute atomic E-state index is 0.120. The van der Waals surface area contributed by atoms with Gasteiger partial charge in [0.25, 0.3) is 0 Å². The van der Waals surface area contributed by atoms with Crippen LogP contribution < -0.4 is 0 Å². The first kappa shape index (κ1) is 15.8. The van der Waals surface area contributed by atoms with E-state index in [1.54, 1.807) is 34.3 Å². The standard InChI is InChI=1S/C17H13N3O3S2/c21-17(15-3-2-14(23-15)8-20-6-1-5-18-20)22-9-13-11-25-16(19-13)12-4-7-24-10-12/h1-7,10-11H,8-9H2. The van der Waals surface area contributed by atoms with Crippen LogP contribution in [-0.4, -0.2) is 20.7 Å². The van der Waals surface area contributed by atoms with Gasteiger partial charge in [-0.2, -0.15) is 16.4 Å². The third-order valence-corrected chi connectivity index (χ3v) is 5.03. The zero-order valence-electron chi connectivity index (χ0n) is 13.0. The van der Waals surface area contributed by atoms with E-state index in [2.05, 4.69) is 10.1 Å². The molecule has 0 aliphatic heterocycles. The van der Waals surface area contributed by atoms with Crippen molar-refractivity contribution in [2.24, 2.45) is 0 Å². The predicted octanol–water partition coefficient (Wildman–Crippen LogP) is 4.07. The SMILES string of the molecule is O=C(OCc1csc(-c2ccsc2)n1)c1ccc(Cn2cccn2)o1. The van der Waals surface area contributed by atoms with Gasteiger partial charge in [-0.3, -0.25) is 4.68 Å². The van der Waals surface area contributed by atoms with E-state index < -0.39 is 5.97 Å². The second kappa shape index (κ2) is 7.04. The Balaban J connectivity index is 1.35. The van der Waals surface area contributed by atoms with Gasteiger partial charge in [-0.1, -0.05) is 0 Å². The molecule has 6 nitrogen and oxygen atoms in total. The van der Waals surface area contributed by atoms with Crippen molar-refractivity contribution in [3.8, 4) is 10.6 Å². The van der Waals surface area contributed by atoms with Crippen LogP contribution in [-0.2, 0) is 17.9 Å². The van der Waals surface area contributed by atoms with Gasteiger partial charge in [-0.05, 0) is 29.6 Å².